The van der Waals surface area contributed by atoms with E-state index in [2.05, 4.69) is 0 Å². The molecule has 0 saturated carbocycles. The third kappa shape index (κ3) is 2.57. The smallest absolute Gasteiger partial charge is 0.232 e. The van der Waals surface area contributed by atoms with Gasteiger partial charge >= 0.3 is 0 Å². The number of fused-ring (bicyclic) bond motifs is 1. The van der Waals surface area contributed by atoms with Crippen molar-refractivity contribution in [3.05, 3.63) is 35.6 Å². The molecule has 0 spiro atoms. The Bertz CT molecular complexity index is 613. The van der Waals surface area contributed by atoms with Crippen LogP contribution in [0.15, 0.2) is 28.9 Å². The third-order valence-electron chi connectivity index (χ3n) is 2.47. The van der Waals surface area contributed by atoms with Crippen molar-refractivity contribution in [1.82, 2.24) is 0 Å². The fourth-order valence-electron chi connectivity index (χ4n) is 1.60. The molecule has 2 aromatic rings. The Hall–Kier alpha value is -1.00. The first-order valence-electron chi connectivity index (χ1n) is 4.85. The van der Waals surface area contributed by atoms with Gasteiger partial charge in [0, 0.05) is 16.1 Å². The Morgan fingerprint density at radius 1 is 1.38 bits per heavy atom. The maximum atomic E-state index is 10.8. The third-order valence-corrected chi connectivity index (χ3v) is 3.62. The molecule has 0 unspecified atom stereocenters. The van der Waals surface area contributed by atoms with Crippen molar-refractivity contribution in [2.75, 3.05) is 5.75 Å². The predicted octanol–water partition coefficient (Wildman–Crippen LogP) is 2.85. The zero-order chi connectivity index (χ0) is 11.8. The second-order valence-electron chi connectivity index (χ2n) is 3.74. The lowest BCUT2D eigenvalue weighted by Gasteiger charge is -1.99. The van der Waals surface area contributed by atoms with E-state index in [1.165, 1.54) is 0 Å². The summed E-state index contributed by atoms with van der Waals surface area (Å²) in [7, 11) is 1.73. The minimum absolute atomic E-state index is 0.0558. The van der Waals surface area contributed by atoms with Crippen LogP contribution in [0.3, 0.4) is 0 Å². The summed E-state index contributed by atoms with van der Waals surface area (Å²) in [5.41, 5.74) is 2.76. The Morgan fingerprint density at radius 2 is 2.12 bits per heavy atom. The molecule has 0 N–H and O–H groups in total. The van der Waals surface area contributed by atoms with Crippen LogP contribution < -0.4 is 0 Å². The Kier molecular flexibility index (Phi) is 2.95. The van der Waals surface area contributed by atoms with Crippen LogP contribution in [0.5, 0.6) is 0 Å². The largest absolute Gasteiger partial charge is 0.464 e. The number of halogens is 1. The van der Waals surface area contributed by atoms with E-state index in [9.17, 15) is 8.42 Å². The lowest BCUT2D eigenvalue weighted by atomic mass is 10.1. The van der Waals surface area contributed by atoms with Gasteiger partial charge in [0.1, 0.15) is 5.58 Å². The maximum Gasteiger partial charge on any atom is 0.232 e. The lowest BCUT2D eigenvalue weighted by Crippen LogP contribution is -2.00. The van der Waals surface area contributed by atoms with E-state index in [4.69, 9.17) is 15.1 Å². The number of hydrogen-bond donors (Lipinski definition) is 0. The van der Waals surface area contributed by atoms with Crippen LogP contribution in [-0.4, -0.2) is 14.2 Å². The normalized spacial score (nSPS) is 12.1. The van der Waals surface area contributed by atoms with Crippen LogP contribution >= 0.6 is 10.7 Å². The van der Waals surface area contributed by atoms with Gasteiger partial charge in [-0.2, -0.15) is 0 Å². The van der Waals surface area contributed by atoms with Crippen molar-refractivity contribution in [2.45, 2.75) is 13.3 Å². The van der Waals surface area contributed by atoms with Crippen LogP contribution in [0, 0.1) is 6.92 Å². The minimum Gasteiger partial charge on any atom is -0.464 e. The molecule has 0 saturated heterocycles. The van der Waals surface area contributed by atoms with Gasteiger partial charge in [-0.1, -0.05) is 12.1 Å². The van der Waals surface area contributed by atoms with Crippen molar-refractivity contribution in [1.29, 1.82) is 0 Å². The van der Waals surface area contributed by atoms with Gasteiger partial charge in [-0.3, -0.25) is 0 Å². The molecule has 1 aromatic carbocycles. The SMILES string of the molecule is Cc1coc2cc(CCS(=O)(=O)Cl)ccc12. The first-order chi connectivity index (χ1) is 7.46. The molecular formula is C11H11ClO3S. The van der Waals surface area contributed by atoms with Crippen LogP contribution in [0.2, 0.25) is 0 Å². The second kappa shape index (κ2) is 4.11. The molecule has 0 fully saturated rings. The van der Waals surface area contributed by atoms with E-state index >= 15 is 0 Å². The average molecular weight is 259 g/mol. The molecule has 0 atom stereocenters. The molecular weight excluding hydrogens is 248 g/mol. The van der Waals surface area contributed by atoms with E-state index in [-0.39, 0.29) is 5.75 Å². The van der Waals surface area contributed by atoms with E-state index in [1.807, 2.05) is 25.1 Å². The molecule has 86 valence electrons. The van der Waals surface area contributed by atoms with E-state index in [0.29, 0.717) is 6.42 Å². The van der Waals surface area contributed by atoms with Gasteiger partial charge in [-0.15, -0.1) is 0 Å². The standard InChI is InChI=1S/C11H11ClO3S/c1-8-7-15-11-6-9(2-3-10(8)11)4-5-16(12,13)14/h2-3,6-7H,4-5H2,1H3. The fourth-order valence-corrected chi connectivity index (χ4v) is 2.31. The Morgan fingerprint density at radius 3 is 2.81 bits per heavy atom. The summed E-state index contributed by atoms with van der Waals surface area (Å²) in [6, 6.07) is 5.68. The number of furan rings is 1. The highest BCUT2D eigenvalue weighted by molar-refractivity contribution is 8.13. The first-order valence-corrected chi connectivity index (χ1v) is 7.32. The van der Waals surface area contributed by atoms with Gasteiger partial charge in [0.15, 0.2) is 0 Å². The Labute approximate surface area is 98.4 Å². The summed E-state index contributed by atoms with van der Waals surface area (Å²) >= 11 is 0. The van der Waals surface area contributed by atoms with Gasteiger partial charge in [-0.05, 0) is 30.5 Å². The zero-order valence-electron chi connectivity index (χ0n) is 8.73. The van der Waals surface area contributed by atoms with Crippen molar-refractivity contribution in [2.24, 2.45) is 0 Å². The average Bonchev–Trinajstić information content (AvgIpc) is 2.56. The van der Waals surface area contributed by atoms with E-state index in [0.717, 1.165) is 22.1 Å². The summed E-state index contributed by atoms with van der Waals surface area (Å²) in [6.45, 7) is 1.97. The van der Waals surface area contributed by atoms with Crippen LogP contribution in [0.1, 0.15) is 11.1 Å². The quantitative estimate of drug-likeness (QED) is 0.796. The minimum atomic E-state index is -3.43. The molecule has 1 aromatic heterocycles. The molecule has 5 heteroatoms. The fraction of sp³-hybridized carbons (Fsp3) is 0.273. The van der Waals surface area contributed by atoms with Crippen LogP contribution in [-0.2, 0) is 15.5 Å². The predicted molar refractivity (Wildman–Crippen MR) is 64.3 cm³/mol. The molecule has 0 aliphatic heterocycles. The maximum absolute atomic E-state index is 10.8. The van der Waals surface area contributed by atoms with E-state index < -0.39 is 9.05 Å². The highest BCUT2D eigenvalue weighted by Crippen LogP contribution is 2.22. The molecule has 0 radical (unpaired) electrons. The molecule has 0 bridgehead atoms. The van der Waals surface area contributed by atoms with Crippen molar-refractivity contribution in [3.63, 3.8) is 0 Å². The van der Waals surface area contributed by atoms with Crippen LogP contribution in [0.4, 0.5) is 0 Å². The van der Waals surface area contributed by atoms with Crippen molar-refractivity contribution < 1.29 is 12.8 Å². The summed E-state index contributed by atoms with van der Waals surface area (Å²) in [5.74, 6) is -0.0558. The van der Waals surface area contributed by atoms with Crippen LogP contribution in [0.25, 0.3) is 11.0 Å². The molecule has 3 nitrogen and oxygen atoms in total. The van der Waals surface area contributed by atoms with Gasteiger partial charge in [0.05, 0.1) is 12.0 Å². The lowest BCUT2D eigenvalue weighted by molar-refractivity contribution is 0.607. The number of hydrogen-bond acceptors (Lipinski definition) is 3. The monoisotopic (exact) mass is 258 g/mol. The molecule has 2 rings (SSSR count). The molecule has 16 heavy (non-hydrogen) atoms. The van der Waals surface area contributed by atoms with Gasteiger partial charge in [0.2, 0.25) is 9.05 Å². The first kappa shape index (κ1) is 11.5. The number of aryl methyl sites for hydroxylation is 2. The van der Waals surface area contributed by atoms with E-state index in [1.54, 1.807) is 6.26 Å². The summed E-state index contributed by atoms with van der Waals surface area (Å²) < 4.78 is 27.0. The molecule has 0 aliphatic carbocycles. The zero-order valence-corrected chi connectivity index (χ0v) is 10.3. The van der Waals surface area contributed by atoms with Gasteiger partial charge in [0.25, 0.3) is 0 Å². The highest BCUT2D eigenvalue weighted by Gasteiger charge is 2.07. The second-order valence-corrected chi connectivity index (χ2v) is 6.64. The number of benzene rings is 1. The summed E-state index contributed by atoms with van der Waals surface area (Å²) in [6.07, 6.45) is 2.09. The summed E-state index contributed by atoms with van der Waals surface area (Å²) in [4.78, 5) is 0. The molecule has 0 amide bonds. The van der Waals surface area contributed by atoms with Gasteiger partial charge in [-0.25, -0.2) is 8.42 Å². The topological polar surface area (TPSA) is 47.3 Å². The Balaban J connectivity index is 2.26. The number of rotatable bonds is 3. The van der Waals surface area contributed by atoms with Gasteiger partial charge < -0.3 is 4.42 Å². The molecule has 1 heterocycles. The van der Waals surface area contributed by atoms with Crippen molar-refractivity contribution >= 4 is 30.7 Å². The summed E-state index contributed by atoms with van der Waals surface area (Å²) in [5, 5.41) is 1.05. The highest BCUT2D eigenvalue weighted by atomic mass is 35.7. The van der Waals surface area contributed by atoms with Crippen molar-refractivity contribution in [3.8, 4) is 0 Å². The molecule has 0 aliphatic rings.